The Balaban J connectivity index is 2.22. The van der Waals surface area contributed by atoms with E-state index in [0.29, 0.717) is 17.1 Å². The number of nitrogens with zero attached hydrogens (tertiary/aromatic N) is 1. The Labute approximate surface area is 129 Å². The van der Waals surface area contributed by atoms with Crippen LogP contribution in [0.3, 0.4) is 0 Å². The van der Waals surface area contributed by atoms with E-state index in [1.165, 1.54) is 11.3 Å². The molecule has 7 heteroatoms. The molecular weight excluding hydrogens is 306 g/mol. The van der Waals surface area contributed by atoms with E-state index in [9.17, 15) is 8.42 Å². The van der Waals surface area contributed by atoms with Crippen LogP contribution in [0.4, 0.5) is 0 Å². The van der Waals surface area contributed by atoms with Gasteiger partial charge in [0.15, 0.2) is 0 Å². The molecule has 0 fully saturated rings. The van der Waals surface area contributed by atoms with Crippen molar-refractivity contribution in [3.63, 3.8) is 0 Å². The Morgan fingerprint density at radius 2 is 2.14 bits per heavy atom. The molecule has 0 saturated carbocycles. The summed E-state index contributed by atoms with van der Waals surface area (Å²) < 4.78 is 27.7. The molecule has 1 unspecified atom stereocenters. The molecule has 0 aliphatic rings. The highest BCUT2D eigenvalue weighted by molar-refractivity contribution is 7.89. The van der Waals surface area contributed by atoms with Gasteiger partial charge in [-0.05, 0) is 39.1 Å². The standard InChI is InChI=1S/C14H19N3O2S2/c1-10(13-6-4-5-7-16-13)17-21(18,19)14-8-12(9-15-3)20-11(14)2/h4-8,10,15,17H,9H2,1-3H3. The van der Waals surface area contributed by atoms with E-state index in [1.54, 1.807) is 31.3 Å². The van der Waals surface area contributed by atoms with Crippen molar-refractivity contribution in [2.45, 2.75) is 31.3 Å². The smallest absolute Gasteiger partial charge is 0.242 e. The zero-order chi connectivity index (χ0) is 15.5. The number of pyridine rings is 1. The van der Waals surface area contributed by atoms with Crippen molar-refractivity contribution < 1.29 is 8.42 Å². The molecule has 2 aromatic rings. The van der Waals surface area contributed by atoms with E-state index in [1.807, 2.05) is 20.0 Å². The van der Waals surface area contributed by atoms with Crippen LogP contribution < -0.4 is 10.0 Å². The summed E-state index contributed by atoms with van der Waals surface area (Å²) >= 11 is 1.49. The van der Waals surface area contributed by atoms with Gasteiger partial charge in [-0.2, -0.15) is 0 Å². The molecule has 5 nitrogen and oxygen atoms in total. The van der Waals surface area contributed by atoms with E-state index in [0.717, 1.165) is 9.75 Å². The average Bonchev–Trinajstić information content (AvgIpc) is 2.81. The zero-order valence-electron chi connectivity index (χ0n) is 12.3. The van der Waals surface area contributed by atoms with Crippen molar-refractivity contribution in [2.24, 2.45) is 0 Å². The number of sulfonamides is 1. The van der Waals surface area contributed by atoms with Gasteiger partial charge in [0.05, 0.1) is 16.6 Å². The first-order valence-corrected chi connectivity index (χ1v) is 8.91. The van der Waals surface area contributed by atoms with Crippen molar-refractivity contribution >= 4 is 21.4 Å². The fourth-order valence-electron chi connectivity index (χ4n) is 2.04. The van der Waals surface area contributed by atoms with E-state index in [2.05, 4.69) is 15.0 Å². The van der Waals surface area contributed by atoms with Gasteiger partial charge in [-0.15, -0.1) is 11.3 Å². The Morgan fingerprint density at radius 1 is 1.38 bits per heavy atom. The van der Waals surface area contributed by atoms with Gasteiger partial charge in [0.2, 0.25) is 10.0 Å². The number of thiophene rings is 1. The maximum absolute atomic E-state index is 12.5. The third-order valence-electron chi connectivity index (χ3n) is 3.03. The zero-order valence-corrected chi connectivity index (χ0v) is 13.9. The predicted octanol–water partition coefficient (Wildman–Crippen LogP) is 2.21. The second-order valence-electron chi connectivity index (χ2n) is 4.76. The second kappa shape index (κ2) is 6.65. The number of aryl methyl sites for hydroxylation is 1. The maximum atomic E-state index is 12.5. The SMILES string of the molecule is CNCc1cc(S(=O)(=O)NC(C)c2ccccn2)c(C)s1. The van der Waals surface area contributed by atoms with Crippen LogP contribution in [0.1, 0.15) is 28.4 Å². The van der Waals surface area contributed by atoms with Crippen molar-refractivity contribution in [2.75, 3.05) is 7.05 Å². The molecule has 2 aromatic heterocycles. The summed E-state index contributed by atoms with van der Waals surface area (Å²) in [5, 5.41) is 3.03. The Bertz CT molecular complexity index is 696. The predicted molar refractivity (Wildman–Crippen MR) is 84.8 cm³/mol. The molecular formula is C14H19N3O2S2. The second-order valence-corrected chi connectivity index (χ2v) is 7.78. The van der Waals surface area contributed by atoms with E-state index in [-0.39, 0.29) is 6.04 Å². The summed E-state index contributed by atoms with van der Waals surface area (Å²) in [6, 6.07) is 6.80. The molecule has 0 aliphatic heterocycles. The number of aromatic nitrogens is 1. The fourth-order valence-corrected chi connectivity index (χ4v) is 4.90. The van der Waals surface area contributed by atoms with Crippen molar-refractivity contribution in [1.29, 1.82) is 0 Å². The van der Waals surface area contributed by atoms with E-state index < -0.39 is 10.0 Å². The van der Waals surface area contributed by atoms with Crippen LogP contribution in [0, 0.1) is 6.92 Å². The number of hydrogen-bond donors (Lipinski definition) is 2. The first kappa shape index (κ1) is 16.1. The summed E-state index contributed by atoms with van der Waals surface area (Å²) in [6.45, 7) is 4.27. The van der Waals surface area contributed by atoms with E-state index in [4.69, 9.17) is 0 Å². The summed E-state index contributed by atoms with van der Waals surface area (Å²) in [5.74, 6) is 0. The minimum Gasteiger partial charge on any atom is -0.315 e. The lowest BCUT2D eigenvalue weighted by Crippen LogP contribution is -2.27. The molecule has 0 amide bonds. The molecule has 2 heterocycles. The van der Waals surface area contributed by atoms with Gasteiger partial charge in [0.1, 0.15) is 0 Å². The van der Waals surface area contributed by atoms with Crippen LogP contribution in [0.25, 0.3) is 0 Å². The molecule has 0 bridgehead atoms. The Kier molecular flexibility index (Phi) is 5.10. The van der Waals surface area contributed by atoms with Crippen molar-refractivity contribution in [1.82, 2.24) is 15.0 Å². The van der Waals surface area contributed by atoms with Crippen molar-refractivity contribution in [3.8, 4) is 0 Å². The number of nitrogens with one attached hydrogen (secondary N) is 2. The summed E-state index contributed by atoms with van der Waals surface area (Å²) in [6.07, 6.45) is 1.65. The summed E-state index contributed by atoms with van der Waals surface area (Å²) in [7, 11) is -1.71. The van der Waals surface area contributed by atoms with Crippen LogP contribution in [0.15, 0.2) is 35.4 Å². The quantitative estimate of drug-likeness (QED) is 0.854. The maximum Gasteiger partial charge on any atom is 0.242 e. The first-order valence-electron chi connectivity index (χ1n) is 6.61. The van der Waals surface area contributed by atoms with Crippen LogP contribution in [0.2, 0.25) is 0 Å². The highest BCUT2D eigenvalue weighted by Crippen LogP contribution is 2.26. The van der Waals surface area contributed by atoms with Gasteiger partial charge < -0.3 is 5.32 Å². The Morgan fingerprint density at radius 3 is 2.76 bits per heavy atom. The largest absolute Gasteiger partial charge is 0.315 e. The van der Waals surface area contributed by atoms with Crippen LogP contribution in [0.5, 0.6) is 0 Å². The monoisotopic (exact) mass is 325 g/mol. The fraction of sp³-hybridized carbons (Fsp3) is 0.357. The molecule has 114 valence electrons. The lowest BCUT2D eigenvalue weighted by Gasteiger charge is -2.13. The topological polar surface area (TPSA) is 71.1 Å². The molecule has 0 aliphatic carbocycles. The first-order chi connectivity index (χ1) is 9.94. The molecule has 0 aromatic carbocycles. The normalized spacial score (nSPS) is 13.3. The number of hydrogen-bond acceptors (Lipinski definition) is 5. The third-order valence-corrected chi connectivity index (χ3v) is 5.87. The molecule has 0 radical (unpaired) electrons. The van der Waals surface area contributed by atoms with Gasteiger partial charge in [-0.25, -0.2) is 13.1 Å². The molecule has 1 atom stereocenters. The minimum absolute atomic E-state index is 0.348. The summed E-state index contributed by atoms with van der Waals surface area (Å²) in [5.41, 5.74) is 0.699. The van der Waals surface area contributed by atoms with Gasteiger partial charge in [0.25, 0.3) is 0 Å². The van der Waals surface area contributed by atoms with Crippen LogP contribution in [-0.4, -0.2) is 20.4 Å². The van der Waals surface area contributed by atoms with Crippen molar-refractivity contribution in [3.05, 3.63) is 45.9 Å². The number of rotatable bonds is 6. The lowest BCUT2D eigenvalue weighted by molar-refractivity contribution is 0.564. The molecule has 0 spiro atoms. The van der Waals surface area contributed by atoms with Gasteiger partial charge >= 0.3 is 0 Å². The van der Waals surface area contributed by atoms with Gasteiger partial charge in [0, 0.05) is 22.5 Å². The molecule has 2 rings (SSSR count). The lowest BCUT2D eigenvalue weighted by atomic mass is 10.2. The molecule has 2 N–H and O–H groups in total. The minimum atomic E-state index is -3.54. The highest BCUT2D eigenvalue weighted by atomic mass is 32.2. The Hall–Kier alpha value is -1.28. The molecule has 0 saturated heterocycles. The van der Waals surface area contributed by atoms with Gasteiger partial charge in [-0.3, -0.25) is 4.98 Å². The van der Waals surface area contributed by atoms with Crippen LogP contribution >= 0.6 is 11.3 Å². The highest BCUT2D eigenvalue weighted by Gasteiger charge is 2.22. The molecule has 21 heavy (non-hydrogen) atoms. The van der Waals surface area contributed by atoms with Gasteiger partial charge in [-0.1, -0.05) is 6.07 Å². The summed E-state index contributed by atoms with van der Waals surface area (Å²) in [4.78, 5) is 6.32. The van der Waals surface area contributed by atoms with Crippen LogP contribution in [-0.2, 0) is 16.6 Å². The third kappa shape index (κ3) is 3.88. The van der Waals surface area contributed by atoms with E-state index >= 15 is 0 Å². The average molecular weight is 325 g/mol.